The zero-order chi connectivity index (χ0) is 12.8. The van der Waals surface area contributed by atoms with Crippen molar-refractivity contribution in [3.8, 4) is 0 Å². The zero-order valence-electron chi connectivity index (χ0n) is 10.0. The maximum Gasteiger partial charge on any atom is 0.239 e. The molecule has 0 bridgehead atoms. The molecule has 1 aromatic heterocycles. The highest BCUT2D eigenvalue weighted by Crippen LogP contribution is 2.13. The van der Waals surface area contributed by atoms with Crippen molar-refractivity contribution in [3.63, 3.8) is 0 Å². The number of carbonyl (C=O) groups excluding carboxylic acids is 2. The Kier molecular flexibility index (Phi) is 4.63. The predicted molar refractivity (Wildman–Crippen MR) is 68.9 cm³/mol. The fourth-order valence-electron chi connectivity index (χ4n) is 1.68. The lowest BCUT2D eigenvalue weighted by atomic mass is 10.4. The Bertz CT molecular complexity index is 407. The van der Waals surface area contributed by atoms with E-state index in [9.17, 15) is 9.59 Å². The lowest BCUT2D eigenvalue weighted by Crippen LogP contribution is -2.38. The summed E-state index contributed by atoms with van der Waals surface area (Å²) in [5.74, 6) is 1.08. The van der Waals surface area contributed by atoms with Crippen LogP contribution >= 0.6 is 11.8 Å². The minimum absolute atomic E-state index is 0.0496. The molecule has 0 aromatic carbocycles. The predicted octanol–water partition coefficient (Wildman–Crippen LogP) is -0.0777. The Labute approximate surface area is 110 Å². The summed E-state index contributed by atoms with van der Waals surface area (Å²) in [6.07, 6.45) is 6.23. The molecule has 1 saturated heterocycles. The molecular weight excluding hydrogens is 252 g/mol. The molecule has 1 aliphatic heterocycles. The normalized spacial score (nSPS) is 15.1. The fraction of sp³-hybridized carbons (Fsp3) is 0.545. The van der Waals surface area contributed by atoms with Crippen LogP contribution in [-0.2, 0) is 16.1 Å². The van der Waals surface area contributed by atoms with Crippen molar-refractivity contribution in [2.24, 2.45) is 0 Å². The van der Waals surface area contributed by atoms with Crippen molar-refractivity contribution in [3.05, 3.63) is 18.7 Å². The van der Waals surface area contributed by atoms with E-state index in [1.807, 2.05) is 10.8 Å². The maximum absolute atomic E-state index is 11.6. The summed E-state index contributed by atoms with van der Waals surface area (Å²) in [6, 6.07) is 0. The lowest BCUT2D eigenvalue weighted by Gasteiger charge is -2.14. The number of hydrogen-bond donors (Lipinski definition) is 1. The van der Waals surface area contributed by atoms with Crippen molar-refractivity contribution < 1.29 is 9.59 Å². The molecule has 0 radical (unpaired) electrons. The van der Waals surface area contributed by atoms with Crippen LogP contribution in [0.15, 0.2) is 18.7 Å². The first-order chi connectivity index (χ1) is 8.75. The van der Waals surface area contributed by atoms with Crippen molar-refractivity contribution in [2.45, 2.75) is 13.0 Å². The number of nitrogens with zero attached hydrogens (tertiary/aromatic N) is 3. The molecule has 98 valence electrons. The first-order valence-corrected chi connectivity index (χ1v) is 6.99. The van der Waals surface area contributed by atoms with Gasteiger partial charge >= 0.3 is 0 Å². The number of carbonyl (C=O) groups is 2. The van der Waals surface area contributed by atoms with Gasteiger partial charge in [0.1, 0.15) is 6.54 Å². The number of imidazole rings is 1. The Morgan fingerprint density at radius 1 is 1.56 bits per heavy atom. The molecule has 0 atom stereocenters. The summed E-state index contributed by atoms with van der Waals surface area (Å²) in [5, 5.41) is 2.82. The summed E-state index contributed by atoms with van der Waals surface area (Å²) in [7, 11) is 0. The van der Waals surface area contributed by atoms with Crippen LogP contribution in [0.4, 0.5) is 0 Å². The maximum atomic E-state index is 11.6. The highest BCUT2D eigenvalue weighted by Gasteiger charge is 2.22. The standard InChI is InChI=1S/C11H16N4O2S/c16-10(6-15-9-18-7-11(15)17)13-2-1-4-14-5-3-12-8-14/h3,5,8H,1-2,4,6-7,9H2,(H,13,16). The molecule has 18 heavy (non-hydrogen) atoms. The third-order valence-corrected chi connectivity index (χ3v) is 3.58. The zero-order valence-corrected chi connectivity index (χ0v) is 10.9. The van der Waals surface area contributed by atoms with Gasteiger partial charge in [0.25, 0.3) is 0 Å². The van der Waals surface area contributed by atoms with Gasteiger partial charge in [-0.05, 0) is 6.42 Å². The molecule has 2 amide bonds. The van der Waals surface area contributed by atoms with Crippen molar-refractivity contribution in [2.75, 3.05) is 24.7 Å². The van der Waals surface area contributed by atoms with Crippen LogP contribution in [-0.4, -0.2) is 51.0 Å². The van der Waals surface area contributed by atoms with Crippen molar-refractivity contribution in [1.29, 1.82) is 0 Å². The smallest absolute Gasteiger partial charge is 0.239 e. The molecular formula is C11H16N4O2S. The molecule has 1 N–H and O–H groups in total. The first kappa shape index (κ1) is 12.9. The number of nitrogens with one attached hydrogen (secondary N) is 1. The molecule has 1 fully saturated rings. The molecule has 0 aliphatic carbocycles. The van der Waals surface area contributed by atoms with Gasteiger partial charge in [0.15, 0.2) is 0 Å². The summed E-state index contributed by atoms with van der Waals surface area (Å²) < 4.78 is 1.97. The summed E-state index contributed by atoms with van der Waals surface area (Å²) in [6.45, 7) is 1.63. The lowest BCUT2D eigenvalue weighted by molar-refractivity contribution is -0.132. The van der Waals surface area contributed by atoms with Crippen LogP contribution in [0.25, 0.3) is 0 Å². The van der Waals surface area contributed by atoms with Crippen molar-refractivity contribution >= 4 is 23.6 Å². The minimum Gasteiger partial charge on any atom is -0.354 e. The molecule has 0 spiro atoms. The number of thioether (sulfide) groups is 1. The van der Waals surface area contributed by atoms with E-state index in [2.05, 4.69) is 10.3 Å². The fourth-order valence-corrected chi connectivity index (χ4v) is 2.58. The molecule has 0 saturated carbocycles. The van der Waals surface area contributed by atoms with Gasteiger partial charge in [-0.1, -0.05) is 0 Å². The van der Waals surface area contributed by atoms with Crippen molar-refractivity contribution in [1.82, 2.24) is 19.8 Å². The first-order valence-electron chi connectivity index (χ1n) is 5.83. The minimum atomic E-state index is -0.0866. The number of amides is 2. The highest BCUT2D eigenvalue weighted by molar-refractivity contribution is 8.00. The number of hydrogen-bond acceptors (Lipinski definition) is 4. The van der Waals surface area contributed by atoms with Crippen LogP contribution < -0.4 is 5.32 Å². The van der Waals surface area contributed by atoms with Gasteiger partial charge in [0.2, 0.25) is 11.8 Å². The monoisotopic (exact) mass is 268 g/mol. The Morgan fingerprint density at radius 2 is 2.44 bits per heavy atom. The number of aromatic nitrogens is 2. The Hall–Kier alpha value is -1.50. The van der Waals surface area contributed by atoms with Gasteiger partial charge in [-0.2, -0.15) is 0 Å². The van der Waals surface area contributed by atoms with Gasteiger partial charge in [-0.3, -0.25) is 9.59 Å². The molecule has 7 heteroatoms. The van der Waals surface area contributed by atoms with Gasteiger partial charge in [0, 0.05) is 25.5 Å². The molecule has 0 unspecified atom stereocenters. The molecule has 2 heterocycles. The van der Waals surface area contributed by atoms with E-state index in [-0.39, 0.29) is 18.4 Å². The van der Waals surface area contributed by atoms with Gasteiger partial charge in [0.05, 0.1) is 18.0 Å². The quantitative estimate of drug-likeness (QED) is 0.733. The van der Waals surface area contributed by atoms with Crippen LogP contribution in [0, 0.1) is 0 Å². The Morgan fingerprint density at radius 3 is 3.11 bits per heavy atom. The Balaban J connectivity index is 1.58. The van der Waals surface area contributed by atoms with E-state index in [1.54, 1.807) is 29.2 Å². The molecule has 1 aromatic rings. The van der Waals surface area contributed by atoms with Gasteiger partial charge < -0.3 is 14.8 Å². The van der Waals surface area contributed by atoms with E-state index < -0.39 is 0 Å². The van der Waals surface area contributed by atoms with Crippen LogP contribution in [0.2, 0.25) is 0 Å². The third kappa shape index (κ3) is 3.76. The third-order valence-electron chi connectivity index (χ3n) is 2.63. The second kappa shape index (κ2) is 6.44. The SMILES string of the molecule is O=C(CN1CSCC1=O)NCCCn1ccnc1. The molecule has 2 rings (SSSR count). The summed E-state index contributed by atoms with van der Waals surface area (Å²) in [4.78, 5) is 28.4. The van der Waals surface area contributed by atoms with E-state index in [0.717, 1.165) is 13.0 Å². The van der Waals surface area contributed by atoms with E-state index in [4.69, 9.17) is 0 Å². The molecule has 1 aliphatic rings. The largest absolute Gasteiger partial charge is 0.354 e. The summed E-state index contributed by atoms with van der Waals surface area (Å²) >= 11 is 1.54. The second-order valence-corrected chi connectivity index (χ2v) is 5.03. The van der Waals surface area contributed by atoms with Gasteiger partial charge in [-0.25, -0.2) is 4.98 Å². The average molecular weight is 268 g/mol. The second-order valence-electron chi connectivity index (χ2n) is 4.07. The topological polar surface area (TPSA) is 67.2 Å². The van der Waals surface area contributed by atoms with E-state index in [1.165, 1.54) is 0 Å². The van der Waals surface area contributed by atoms with Crippen LogP contribution in [0.1, 0.15) is 6.42 Å². The van der Waals surface area contributed by atoms with Crippen LogP contribution in [0.5, 0.6) is 0 Å². The highest BCUT2D eigenvalue weighted by atomic mass is 32.2. The van der Waals surface area contributed by atoms with Gasteiger partial charge in [-0.15, -0.1) is 11.8 Å². The van der Waals surface area contributed by atoms with E-state index in [0.29, 0.717) is 18.2 Å². The average Bonchev–Trinajstić information content (AvgIpc) is 2.98. The number of aryl methyl sites for hydroxylation is 1. The van der Waals surface area contributed by atoms with Crippen LogP contribution in [0.3, 0.4) is 0 Å². The van der Waals surface area contributed by atoms with E-state index >= 15 is 0 Å². The number of rotatable bonds is 6. The summed E-state index contributed by atoms with van der Waals surface area (Å²) in [5.41, 5.74) is 0. The molecule has 6 nitrogen and oxygen atoms in total.